The number of aryl methyl sites for hydroxylation is 1. The molecule has 2 N–H and O–H groups in total. The second-order valence-electron chi connectivity index (χ2n) is 4.06. The van der Waals surface area contributed by atoms with Gasteiger partial charge >= 0.3 is 5.97 Å². The third-order valence-corrected chi connectivity index (χ3v) is 4.11. The normalized spacial score (nSPS) is 11.1. The van der Waals surface area contributed by atoms with E-state index in [-0.39, 0.29) is 11.3 Å². The molecule has 0 saturated heterocycles. The average Bonchev–Trinajstić information content (AvgIpc) is 2.27. The lowest BCUT2D eigenvalue weighted by atomic mass is 10.1. The van der Waals surface area contributed by atoms with E-state index < -0.39 is 27.5 Å². The number of carbonyl (C=O) groups excluding carboxylic acids is 1. The van der Waals surface area contributed by atoms with Gasteiger partial charge in [-0.2, -0.15) is 0 Å². The van der Waals surface area contributed by atoms with E-state index in [1.54, 1.807) is 6.92 Å². The van der Waals surface area contributed by atoms with Crippen molar-refractivity contribution in [2.45, 2.75) is 13.8 Å². The number of anilines is 1. The summed E-state index contributed by atoms with van der Waals surface area (Å²) < 4.78 is 22.5. The number of carbonyl (C=O) groups is 2. The van der Waals surface area contributed by atoms with Crippen LogP contribution in [0.5, 0.6) is 0 Å². The topological polar surface area (TPSA) is 101 Å². The molecule has 6 nitrogen and oxygen atoms in total. The number of nitrogens with one attached hydrogen (secondary N) is 1. The van der Waals surface area contributed by atoms with Gasteiger partial charge in [-0.1, -0.05) is 6.92 Å². The Bertz CT molecular complexity index is 607. The van der Waals surface area contributed by atoms with Gasteiger partial charge in [0.2, 0.25) is 5.91 Å². The molecule has 0 bridgehead atoms. The van der Waals surface area contributed by atoms with E-state index >= 15 is 0 Å². The summed E-state index contributed by atoms with van der Waals surface area (Å²) in [6.45, 7) is 3.07. The van der Waals surface area contributed by atoms with Crippen LogP contribution in [0, 0.1) is 6.92 Å². The Morgan fingerprint density at radius 2 is 1.95 bits per heavy atom. The quantitative estimate of drug-likeness (QED) is 0.842. The Hall–Kier alpha value is -1.89. The zero-order chi connectivity index (χ0) is 14.6. The van der Waals surface area contributed by atoms with Crippen LogP contribution in [0.25, 0.3) is 0 Å². The van der Waals surface area contributed by atoms with Gasteiger partial charge in [-0.25, -0.2) is 13.2 Å². The van der Waals surface area contributed by atoms with Crippen LogP contribution in [0.15, 0.2) is 18.2 Å². The molecule has 0 saturated carbocycles. The maximum absolute atomic E-state index is 11.5. The van der Waals surface area contributed by atoms with Crippen molar-refractivity contribution < 1.29 is 23.1 Å². The van der Waals surface area contributed by atoms with Crippen LogP contribution in [0.3, 0.4) is 0 Å². The fourth-order valence-corrected chi connectivity index (χ4v) is 2.16. The highest BCUT2D eigenvalue weighted by atomic mass is 32.2. The Kier molecular flexibility index (Phi) is 4.66. The molecule has 104 valence electrons. The van der Waals surface area contributed by atoms with Crippen molar-refractivity contribution in [3.05, 3.63) is 29.3 Å². The lowest BCUT2D eigenvalue weighted by Crippen LogP contribution is -2.24. The van der Waals surface area contributed by atoms with Crippen molar-refractivity contribution in [3.8, 4) is 0 Å². The number of carboxylic acids is 1. The second kappa shape index (κ2) is 5.83. The summed E-state index contributed by atoms with van der Waals surface area (Å²) >= 11 is 0. The number of amides is 1. The first-order chi connectivity index (χ1) is 8.75. The van der Waals surface area contributed by atoms with Crippen molar-refractivity contribution in [2.24, 2.45) is 0 Å². The Morgan fingerprint density at radius 3 is 2.42 bits per heavy atom. The van der Waals surface area contributed by atoms with Crippen molar-refractivity contribution in [1.82, 2.24) is 0 Å². The van der Waals surface area contributed by atoms with Crippen molar-refractivity contribution in [1.29, 1.82) is 0 Å². The van der Waals surface area contributed by atoms with Gasteiger partial charge in [-0.05, 0) is 30.7 Å². The molecule has 0 aliphatic carbocycles. The Balaban J connectivity index is 2.82. The highest BCUT2D eigenvalue weighted by molar-refractivity contribution is 7.92. The van der Waals surface area contributed by atoms with Crippen LogP contribution >= 0.6 is 0 Å². The SMILES string of the molecule is CCS(=O)(=O)CC(=O)Nc1ccc(C(=O)O)c(C)c1. The molecule has 0 atom stereocenters. The Morgan fingerprint density at radius 1 is 1.32 bits per heavy atom. The molecule has 0 spiro atoms. The molecule has 0 aliphatic rings. The lowest BCUT2D eigenvalue weighted by Gasteiger charge is -2.07. The molecule has 0 unspecified atom stereocenters. The number of rotatable bonds is 5. The summed E-state index contributed by atoms with van der Waals surface area (Å²) in [7, 11) is -3.38. The van der Waals surface area contributed by atoms with Gasteiger partial charge in [0.05, 0.1) is 5.56 Å². The van der Waals surface area contributed by atoms with E-state index in [1.165, 1.54) is 25.1 Å². The molecule has 1 aromatic rings. The number of carboxylic acid groups (broad SMARTS) is 1. The molecule has 1 aromatic carbocycles. The summed E-state index contributed by atoms with van der Waals surface area (Å²) in [6.07, 6.45) is 0. The highest BCUT2D eigenvalue weighted by Crippen LogP contribution is 2.15. The molecule has 0 fully saturated rings. The maximum atomic E-state index is 11.5. The van der Waals surface area contributed by atoms with E-state index in [2.05, 4.69) is 5.32 Å². The van der Waals surface area contributed by atoms with E-state index in [0.29, 0.717) is 11.3 Å². The summed E-state index contributed by atoms with van der Waals surface area (Å²) in [5.41, 5.74) is 1.00. The average molecular weight is 285 g/mol. The van der Waals surface area contributed by atoms with Crippen molar-refractivity contribution >= 4 is 27.4 Å². The van der Waals surface area contributed by atoms with Crippen LogP contribution < -0.4 is 5.32 Å². The summed E-state index contributed by atoms with van der Waals surface area (Å²) in [5, 5.41) is 11.3. The van der Waals surface area contributed by atoms with Crippen LogP contribution in [0.2, 0.25) is 0 Å². The van der Waals surface area contributed by atoms with Gasteiger partial charge in [0.25, 0.3) is 0 Å². The Labute approximate surface area is 111 Å². The molecule has 19 heavy (non-hydrogen) atoms. The first kappa shape index (κ1) is 15.2. The molecule has 0 aromatic heterocycles. The number of aromatic carboxylic acids is 1. The first-order valence-corrected chi connectivity index (χ1v) is 7.41. The molecule has 1 rings (SSSR count). The van der Waals surface area contributed by atoms with Gasteiger partial charge in [-0.15, -0.1) is 0 Å². The van der Waals surface area contributed by atoms with Crippen LogP contribution in [-0.2, 0) is 14.6 Å². The third kappa shape index (κ3) is 4.36. The zero-order valence-electron chi connectivity index (χ0n) is 10.6. The highest BCUT2D eigenvalue weighted by Gasteiger charge is 2.15. The smallest absolute Gasteiger partial charge is 0.335 e. The van der Waals surface area contributed by atoms with Gasteiger partial charge in [0, 0.05) is 11.4 Å². The fourth-order valence-electron chi connectivity index (χ4n) is 1.48. The summed E-state index contributed by atoms with van der Waals surface area (Å²) in [4.78, 5) is 22.3. The molecular formula is C12H15NO5S. The molecule has 7 heteroatoms. The second-order valence-corrected chi connectivity index (χ2v) is 6.41. The molecule has 0 aliphatic heterocycles. The summed E-state index contributed by atoms with van der Waals surface area (Å²) in [5.74, 6) is -2.37. The molecule has 0 heterocycles. The van der Waals surface area contributed by atoms with E-state index in [9.17, 15) is 18.0 Å². The van der Waals surface area contributed by atoms with E-state index in [4.69, 9.17) is 5.11 Å². The van der Waals surface area contributed by atoms with Crippen LogP contribution in [0.4, 0.5) is 5.69 Å². The molecule has 0 radical (unpaired) electrons. The van der Waals surface area contributed by atoms with Crippen LogP contribution in [-0.4, -0.2) is 36.9 Å². The van der Waals surface area contributed by atoms with E-state index in [1.807, 2.05) is 0 Å². The number of sulfone groups is 1. The number of hydrogen-bond acceptors (Lipinski definition) is 4. The molecular weight excluding hydrogens is 270 g/mol. The van der Waals surface area contributed by atoms with Gasteiger partial charge in [0.1, 0.15) is 5.75 Å². The predicted octanol–water partition coefficient (Wildman–Crippen LogP) is 1.07. The maximum Gasteiger partial charge on any atom is 0.335 e. The van der Waals surface area contributed by atoms with Gasteiger partial charge < -0.3 is 10.4 Å². The number of benzene rings is 1. The lowest BCUT2D eigenvalue weighted by molar-refractivity contribution is -0.113. The predicted molar refractivity (Wildman–Crippen MR) is 71.1 cm³/mol. The fraction of sp³-hybridized carbons (Fsp3) is 0.333. The minimum Gasteiger partial charge on any atom is -0.478 e. The monoisotopic (exact) mass is 285 g/mol. The largest absolute Gasteiger partial charge is 0.478 e. The van der Waals surface area contributed by atoms with E-state index in [0.717, 1.165) is 0 Å². The van der Waals surface area contributed by atoms with Gasteiger partial charge in [-0.3, -0.25) is 4.79 Å². The molecule has 1 amide bonds. The van der Waals surface area contributed by atoms with Gasteiger partial charge in [0.15, 0.2) is 9.84 Å². The standard InChI is InChI=1S/C12H15NO5S/c1-3-19(17,18)7-11(14)13-9-4-5-10(12(15)16)8(2)6-9/h4-6H,3,7H2,1-2H3,(H,13,14)(H,15,16). The summed E-state index contributed by atoms with van der Waals surface area (Å²) in [6, 6.07) is 4.27. The number of hydrogen-bond donors (Lipinski definition) is 2. The minimum absolute atomic E-state index is 0.0998. The van der Waals surface area contributed by atoms with Crippen molar-refractivity contribution in [2.75, 3.05) is 16.8 Å². The van der Waals surface area contributed by atoms with Crippen molar-refractivity contribution in [3.63, 3.8) is 0 Å². The first-order valence-electron chi connectivity index (χ1n) is 5.59. The zero-order valence-corrected chi connectivity index (χ0v) is 11.5. The minimum atomic E-state index is -3.38. The van der Waals surface area contributed by atoms with Crippen LogP contribution in [0.1, 0.15) is 22.8 Å². The third-order valence-electron chi connectivity index (χ3n) is 2.53.